The molecule has 1 aliphatic heterocycles. The van der Waals surface area contributed by atoms with E-state index in [1.54, 1.807) is 20.8 Å². The summed E-state index contributed by atoms with van der Waals surface area (Å²) >= 11 is 0. The van der Waals surface area contributed by atoms with Crippen LogP contribution in [0.25, 0.3) is 0 Å². The summed E-state index contributed by atoms with van der Waals surface area (Å²) in [6.45, 7) is 8.19. The Morgan fingerprint density at radius 3 is 2.40 bits per heavy atom. The number of ether oxygens (including phenoxy) is 2. The van der Waals surface area contributed by atoms with Gasteiger partial charge in [0.15, 0.2) is 0 Å². The van der Waals surface area contributed by atoms with E-state index in [-0.39, 0.29) is 5.92 Å². The molecule has 0 spiro atoms. The quantitative estimate of drug-likeness (QED) is 0.898. The molecule has 0 bridgehead atoms. The molecule has 0 radical (unpaired) electrons. The van der Waals surface area contributed by atoms with Crippen molar-refractivity contribution < 1.29 is 24.2 Å². The molecule has 1 aromatic carbocycles. The van der Waals surface area contributed by atoms with Crippen LogP contribution in [0.5, 0.6) is 5.75 Å². The van der Waals surface area contributed by atoms with Crippen LogP contribution in [-0.2, 0) is 9.53 Å². The fourth-order valence-electron chi connectivity index (χ4n) is 3.15. The maximum atomic E-state index is 12.5. The second kappa shape index (κ2) is 7.76. The van der Waals surface area contributed by atoms with Gasteiger partial charge in [-0.15, -0.1) is 0 Å². The number of hydrogen-bond acceptors (Lipinski definition) is 4. The van der Waals surface area contributed by atoms with Gasteiger partial charge >= 0.3 is 12.1 Å². The molecular formula is C19H27NO5. The van der Waals surface area contributed by atoms with E-state index in [0.717, 1.165) is 17.7 Å². The molecule has 0 unspecified atom stereocenters. The fraction of sp³-hybridized carbons (Fsp3) is 0.579. The van der Waals surface area contributed by atoms with Crippen LogP contribution >= 0.6 is 0 Å². The molecule has 6 heteroatoms. The van der Waals surface area contributed by atoms with Crippen molar-refractivity contribution in [3.63, 3.8) is 0 Å². The summed E-state index contributed by atoms with van der Waals surface area (Å²) in [5, 5.41) is 9.75. The molecule has 1 amide bonds. The molecule has 25 heavy (non-hydrogen) atoms. The van der Waals surface area contributed by atoms with Gasteiger partial charge < -0.3 is 14.6 Å². The Morgan fingerprint density at radius 2 is 1.88 bits per heavy atom. The lowest BCUT2D eigenvalue weighted by molar-refractivity contribution is -0.145. The number of benzene rings is 1. The van der Waals surface area contributed by atoms with Crippen LogP contribution in [0.4, 0.5) is 4.79 Å². The Bertz CT molecular complexity index is 605. The monoisotopic (exact) mass is 349 g/mol. The summed E-state index contributed by atoms with van der Waals surface area (Å²) < 4.78 is 10.8. The summed E-state index contributed by atoms with van der Waals surface area (Å²) in [6, 6.07) is 6.50. The van der Waals surface area contributed by atoms with Gasteiger partial charge in [-0.2, -0.15) is 0 Å². The molecule has 0 aromatic heterocycles. The Morgan fingerprint density at radius 1 is 1.24 bits per heavy atom. The molecule has 1 N–H and O–H groups in total. The number of nitrogens with zero attached hydrogens (tertiary/aromatic N) is 1. The second-order valence-corrected chi connectivity index (χ2v) is 7.21. The lowest BCUT2D eigenvalue weighted by Gasteiger charge is -2.39. The third-order valence-corrected chi connectivity index (χ3v) is 4.13. The molecule has 0 aliphatic carbocycles. The largest absolute Gasteiger partial charge is 0.494 e. The number of carbonyl (C=O) groups is 2. The van der Waals surface area contributed by atoms with Crippen LogP contribution in [0.2, 0.25) is 0 Å². The van der Waals surface area contributed by atoms with E-state index in [1.807, 2.05) is 31.2 Å². The van der Waals surface area contributed by atoms with Crippen molar-refractivity contribution >= 4 is 12.1 Å². The zero-order valence-corrected chi connectivity index (χ0v) is 15.3. The molecule has 6 nitrogen and oxygen atoms in total. The summed E-state index contributed by atoms with van der Waals surface area (Å²) in [5.41, 5.74) is 0.232. The molecule has 1 fully saturated rings. The first-order valence-corrected chi connectivity index (χ1v) is 8.68. The highest BCUT2D eigenvalue weighted by atomic mass is 16.6. The van der Waals surface area contributed by atoms with Crippen LogP contribution in [-0.4, -0.2) is 46.9 Å². The Labute approximate surface area is 148 Å². The smallest absolute Gasteiger partial charge is 0.411 e. The number of carboxylic acids is 1. The minimum absolute atomic E-state index is 0.269. The van der Waals surface area contributed by atoms with Crippen molar-refractivity contribution in [3.8, 4) is 5.75 Å². The first-order valence-electron chi connectivity index (χ1n) is 8.68. The molecule has 1 aliphatic rings. The summed E-state index contributed by atoms with van der Waals surface area (Å²) in [7, 11) is 0. The minimum atomic E-state index is -1.01. The molecule has 1 heterocycles. The van der Waals surface area contributed by atoms with Crippen LogP contribution in [0.15, 0.2) is 24.3 Å². The standard InChI is InChI=1S/C19H27NO5/c1-5-24-14-10-8-13(9-11-14)15-7-6-12-20(16(15)17(21)22)18(23)25-19(2,3)4/h8-11,15-16H,5-7,12H2,1-4H3,(H,21,22)/t15-,16-/m0/s1. The average molecular weight is 349 g/mol. The van der Waals surface area contributed by atoms with Crippen molar-refractivity contribution in [2.75, 3.05) is 13.2 Å². The predicted octanol–water partition coefficient (Wildman–Crippen LogP) is 3.65. The van der Waals surface area contributed by atoms with Crippen LogP contribution in [0.3, 0.4) is 0 Å². The average Bonchev–Trinajstić information content (AvgIpc) is 2.53. The molecule has 1 saturated heterocycles. The van der Waals surface area contributed by atoms with E-state index in [1.165, 1.54) is 4.90 Å². The van der Waals surface area contributed by atoms with E-state index < -0.39 is 23.7 Å². The summed E-state index contributed by atoms with van der Waals surface area (Å²) in [6.07, 6.45) is 0.876. The van der Waals surface area contributed by atoms with Crippen LogP contribution < -0.4 is 4.74 Å². The van der Waals surface area contributed by atoms with Crippen molar-refractivity contribution in [2.24, 2.45) is 0 Å². The number of carboxylic acid groups (broad SMARTS) is 1. The lowest BCUT2D eigenvalue weighted by atomic mass is 9.83. The third kappa shape index (κ3) is 4.87. The third-order valence-electron chi connectivity index (χ3n) is 4.13. The van der Waals surface area contributed by atoms with Crippen LogP contribution in [0, 0.1) is 0 Å². The zero-order chi connectivity index (χ0) is 18.6. The molecular weight excluding hydrogens is 322 g/mol. The van der Waals surface area contributed by atoms with E-state index in [2.05, 4.69) is 0 Å². The number of hydrogen-bond donors (Lipinski definition) is 1. The highest BCUT2D eigenvalue weighted by molar-refractivity contribution is 5.81. The molecule has 2 atom stereocenters. The predicted molar refractivity (Wildman–Crippen MR) is 93.9 cm³/mol. The van der Waals surface area contributed by atoms with E-state index in [9.17, 15) is 14.7 Å². The molecule has 0 saturated carbocycles. The molecule has 2 rings (SSSR count). The van der Waals surface area contributed by atoms with Gasteiger partial charge in [-0.05, 0) is 58.2 Å². The maximum absolute atomic E-state index is 12.5. The topological polar surface area (TPSA) is 76.1 Å². The van der Waals surface area contributed by atoms with Gasteiger partial charge in [-0.1, -0.05) is 12.1 Å². The van der Waals surface area contributed by atoms with E-state index in [4.69, 9.17) is 9.47 Å². The number of likely N-dealkylation sites (tertiary alicyclic amines) is 1. The molecule has 1 aromatic rings. The van der Waals surface area contributed by atoms with E-state index in [0.29, 0.717) is 19.6 Å². The fourth-order valence-corrected chi connectivity index (χ4v) is 3.15. The zero-order valence-electron chi connectivity index (χ0n) is 15.3. The normalized spacial score (nSPS) is 20.9. The lowest BCUT2D eigenvalue weighted by Crippen LogP contribution is -2.53. The number of rotatable bonds is 4. The second-order valence-electron chi connectivity index (χ2n) is 7.21. The first kappa shape index (κ1) is 19.1. The Balaban J connectivity index is 2.25. The van der Waals surface area contributed by atoms with Crippen molar-refractivity contribution in [2.45, 2.75) is 58.1 Å². The van der Waals surface area contributed by atoms with Gasteiger partial charge in [-0.25, -0.2) is 9.59 Å². The van der Waals surface area contributed by atoms with Gasteiger partial charge in [0, 0.05) is 12.5 Å². The number of amides is 1. The van der Waals surface area contributed by atoms with Crippen LogP contribution in [0.1, 0.15) is 52.0 Å². The van der Waals surface area contributed by atoms with Gasteiger partial charge in [0.25, 0.3) is 0 Å². The first-order chi connectivity index (χ1) is 11.7. The van der Waals surface area contributed by atoms with Gasteiger partial charge in [0.05, 0.1) is 6.61 Å². The Kier molecular flexibility index (Phi) is 5.93. The minimum Gasteiger partial charge on any atom is -0.494 e. The Hall–Kier alpha value is -2.24. The van der Waals surface area contributed by atoms with E-state index >= 15 is 0 Å². The van der Waals surface area contributed by atoms with Crippen molar-refractivity contribution in [1.82, 2.24) is 4.90 Å². The summed E-state index contributed by atoms with van der Waals surface area (Å²) in [5.74, 6) is -0.531. The number of aliphatic carboxylic acids is 1. The van der Waals surface area contributed by atoms with Crippen molar-refractivity contribution in [1.29, 1.82) is 0 Å². The number of piperidine rings is 1. The van der Waals surface area contributed by atoms with Gasteiger partial charge in [0.1, 0.15) is 17.4 Å². The maximum Gasteiger partial charge on any atom is 0.411 e. The molecule has 138 valence electrons. The van der Waals surface area contributed by atoms with Gasteiger partial charge in [-0.3, -0.25) is 4.90 Å². The number of carbonyl (C=O) groups excluding carboxylic acids is 1. The SMILES string of the molecule is CCOc1ccc([C@@H]2CCCN(C(=O)OC(C)(C)C)[C@@H]2C(=O)O)cc1. The van der Waals surface area contributed by atoms with Crippen molar-refractivity contribution in [3.05, 3.63) is 29.8 Å². The highest BCUT2D eigenvalue weighted by Gasteiger charge is 2.41. The highest BCUT2D eigenvalue weighted by Crippen LogP contribution is 2.34. The summed E-state index contributed by atoms with van der Waals surface area (Å²) in [4.78, 5) is 25.7. The van der Waals surface area contributed by atoms with Gasteiger partial charge in [0.2, 0.25) is 0 Å².